The van der Waals surface area contributed by atoms with Crippen LogP contribution in [0.15, 0.2) is 54.6 Å². The zero-order valence-corrected chi connectivity index (χ0v) is 20.1. The molecule has 0 heterocycles. The highest BCUT2D eigenvalue weighted by Crippen LogP contribution is 2.22. The van der Waals surface area contributed by atoms with Gasteiger partial charge in [0.05, 0.1) is 11.9 Å². The van der Waals surface area contributed by atoms with Crippen molar-refractivity contribution >= 4 is 27.5 Å². The van der Waals surface area contributed by atoms with E-state index in [1.165, 1.54) is 4.90 Å². The molecule has 0 saturated heterocycles. The van der Waals surface area contributed by atoms with E-state index in [1.54, 1.807) is 25.1 Å². The summed E-state index contributed by atoms with van der Waals surface area (Å²) in [5.74, 6) is -0.647. The number of hydrogen-bond donors (Lipinski definition) is 1. The Morgan fingerprint density at radius 2 is 1.62 bits per heavy atom. The van der Waals surface area contributed by atoms with E-state index in [2.05, 4.69) is 5.32 Å². The standard InChI is InChI=1S/C24H33N3O4S/c1-5-21(24(29)25-6-2)26(17-16-20-13-8-7-9-14-20)23(28)18-27(32(4,30)31)22-15-11-10-12-19(22)3/h7-15,21H,5-6,16-18H2,1-4H3,(H,25,29)/t21-/m0/s1. The Bertz CT molecular complexity index is 1010. The predicted molar refractivity (Wildman–Crippen MR) is 128 cm³/mol. The second kappa shape index (κ2) is 11.7. The van der Waals surface area contributed by atoms with Gasteiger partial charge >= 0.3 is 0 Å². The van der Waals surface area contributed by atoms with Gasteiger partial charge < -0.3 is 10.2 Å². The number of likely N-dealkylation sites (N-methyl/N-ethyl adjacent to an activating group) is 1. The second-order valence-corrected chi connectivity index (χ2v) is 9.60. The number of nitrogens with zero attached hydrogens (tertiary/aromatic N) is 2. The largest absolute Gasteiger partial charge is 0.355 e. The number of aryl methyl sites for hydroxylation is 1. The van der Waals surface area contributed by atoms with Crippen LogP contribution in [0.25, 0.3) is 0 Å². The van der Waals surface area contributed by atoms with E-state index in [0.717, 1.165) is 21.7 Å². The van der Waals surface area contributed by atoms with Gasteiger partial charge in [-0.15, -0.1) is 0 Å². The summed E-state index contributed by atoms with van der Waals surface area (Å²) in [4.78, 5) is 27.7. The first-order valence-electron chi connectivity index (χ1n) is 10.8. The van der Waals surface area contributed by atoms with Crippen LogP contribution in [-0.2, 0) is 26.0 Å². The number of hydrogen-bond acceptors (Lipinski definition) is 4. The van der Waals surface area contributed by atoms with E-state index in [-0.39, 0.29) is 12.5 Å². The van der Waals surface area contributed by atoms with Gasteiger partial charge in [-0.05, 0) is 43.9 Å². The number of carbonyl (C=O) groups excluding carboxylic acids is 2. The number of carbonyl (C=O) groups is 2. The average molecular weight is 460 g/mol. The lowest BCUT2D eigenvalue weighted by molar-refractivity contribution is -0.139. The summed E-state index contributed by atoms with van der Waals surface area (Å²) in [5.41, 5.74) is 2.24. The molecule has 32 heavy (non-hydrogen) atoms. The first kappa shape index (κ1) is 25.4. The minimum atomic E-state index is -3.71. The molecule has 0 radical (unpaired) electrons. The molecular formula is C24H33N3O4S. The van der Waals surface area contributed by atoms with Crippen LogP contribution >= 0.6 is 0 Å². The van der Waals surface area contributed by atoms with Crippen molar-refractivity contribution in [3.05, 3.63) is 65.7 Å². The fraction of sp³-hybridized carbons (Fsp3) is 0.417. The van der Waals surface area contributed by atoms with E-state index >= 15 is 0 Å². The number of amides is 2. The summed E-state index contributed by atoms with van der Waals surface area (Å²) in [7, 11) is -3.71. The van der Waals surface area contributed by atoms with Gasteiger partial charge in [0.1, 0.15) is 12.6 Å². The van der Waals surface area contributed by atoms with Crippen molar-refractivity contribution in [1.29, 1.82) is 0 Å². The fourth-order valence-corrected chi connectivity index (χ4v) is 4.53. The molecule has 0 saturated carbocycles. The van der Waals surface area contributed by atoms with E-state index in [4.69, 9.17) is 0 Å². The molecule has 0 bridgehead atoms. The Hall–Kier alpha value is -2.87. The van der Waals surface area contributed by atoms with Gasteiger partial charge in [-0.1, -0.05) is 55.5 Å². The second-order valence-electron chi connectivity index (χ2n) is 7.70. The summed E-state index contributed by atoms with van der Waals surface area (Å²) >= 11 is 0. The third-order valence-electron chi connectivity index (χ3n) is 5.28. The Labute approximate surface area is 191 Å². The summed E-state index contributed by atoms with van der Waals surface area (Å²) < 4.78 is 26.3. The van der Waals surface area contributed by atoms with E-state index < -0.39 is 22.0 Å². The summed E-state index contributed by atoms with van der Waals surface area (Å²) in [6.07, 6.45) is 2.07. The third-order valence-corrected chi connectivity index (χ3v) is 6.41. The van der Waals surface area contributed by atoms with E-state index in [0.29, 0.717) is 31.6 Å². The van der Waals surface area contributed by atoms with Gasteiger partial charge in [-0.25, -0.2) is 8.42 Å². The highest BCUT2D eigenvalue weighted by atomic mass is 32.2. The van der Waals surface area contributed by atoms with Crippen molar-refractivity contribution in [2.45, 2.75) is 39.7 Å². The molecule has 0 unspecified atom stereocenters. The summed E-state index contributed by atoms with van der Waals surface area (Å²) in [6, 6.07) is 16.0. The van der Waals surface area contributed by atoms with Crippen molar-refractivity contribution in [2.24, 2.45) is 0 Å². The minimum absolute atomic E-state index is 0.238. The number of nitrogens with one attached hydrogen (secondary N) is 1. The molecule has 174 valence electrons. The van der Waals surface area contributed by atoms with Crippen molar-refractivity contribution in [2.75, 3.05) is 30.2 Å². The third kappa shape index (κ3) is 6.82. The SMILES string of the molecule is CCNC(=O)[C@H](CC)N(CCc1ccccc1)C(=O)CN(c1ccccc1C)S(C)(=O)=O. The molecule has 8 heteroatoms. The van der Waals surface area contributed by atoms with Crippen LogP contribution < -0.4 is 9.62 Å². The van der Waals surface area contributed by atoms with Crippen LogP contribution in [-0.4, -0.2) is 57.1 Å². The number of sulfonamides is 1. The predicted octanol–water partition coefficient (Wildman–Crippen LogP) is 2.75. The molecule has 2 aromatic rings. The molecule has 7 nitrogen and oxygen atoms in total. The molecule has 2 amide bonds. The molecule has 1 N–H and O–H groups in total. The van der Waals surface area contributed by atoms with Crippen molar-refractivity contribution in [1.82, 2.24) is 10.2 Å². The number of rotatable bonds is 11. The van der Waals surface area contributed by atoms with Crippen LogP contribution in [0, 0.1) is 6.92 Å². The highest BCUT2D eigenvalue weighted by Gasteiger charge is 2.31. The van der Waals surface area contributed by atoms with Crippen LogP contribution in [0.4, 0.5) is 5.69 Å². The first-order valence-corrected chi connectivity index (χ1v) is 12.7. The molecule has 0 spiro atoms. The van der Waals surface area contributed by atoms with Crippen LogP contribution in [0.5, 0.6) is 0 Å². The summed E-state index contributed by atoms with van der Waals surface area (Å²) in [6.45, 7) is 5.87. The van der Waals surface area contributed by atoms with E-state index in [1.807, 2.05) is 50.2 Å². The lowest BCUT2D eigenvalue weighted by atomic mass is 10.1. The molecule has 0 fully saturated rings. The van der Waals surface area contributed by atoms with Gasteiger partial charge in [0.2, 0.25) is 21.8 Å². The van der Waals surface area contributed by atoms with Crippen molar-refractivity contribution < 1.29 is 18.0 Å². The first-order chi connectivity index (χ1) is 15.2. The summed E-state index contributed by atoms with van der Waals surface area (Å²) in [5, 5.41) is 2.79. The Kier molecular flexibility index (Phi) is 9.26. The normalized spacial score (nSPS) is 12.1. The molecule has 0 aliphatic carbocycles. The Morgan fingerprint density at radius 3 is 2.19 bits per heavy atom. The molecule has 0 aliphatic rings. The van der Waals surface area contributed by atoms with Gasteiger partial charge in [-0.3, -0.25) is 13.9 Å². The Morgan fingerprint density at radius 1 is 1.00 bits per heavy atom. The Balaban J connectivity index is 2.35. The zero-order valence-electron chi connectivity index (χ0n) is 19.2. The maximum Gasteiger partial charge on any atom is 0.244 e. The lowest BCUT2D eigenvalue weighted by Gasteiger charge is -2.33. The van der Waals surface area contributed by atoms with Gasteiger partial charge in [0.25, 0.3) is 0 Å². The number of anilines is 1. The van der Waals surface area contributed by atoms with Crippen LogP contribution in [0.1, 0.15) is 31.4 Å². The highest BCUT2D eigenvalue weighted by molar-refractivity contribution is 7.92. The van der Waals surface area contributed by atoms with Crippen LogP contribution in [0.2, 0.25) is 0 Å². The van der Waals surface area contributed by atoms with Gasteiger partial charge in [0, 0.05) is 13.1 Å². The lowest BCUT2D eigenvalue weighted by Crippen LogP contribution is -2.53. The molecule has 2 rings (SSSR count). The quantitative estimate of drug-likeness (QED) is 0.560. The smallest absolute Gasteiger partial charge is 0.244 e. The molecular weight excluding hydrogens is 426 g/mol. The van der Waals surface area contributed by atoms with Gasteiger partial charge in [0.15, 0.2) is 0 Å². The molecule has 2 aromatic carbocycles. The van der Waals surface area contributed by atoms with Crippen LogP contribution in [0.3, 0.4) is 0 Å². The van der Waals surface area contributed by atoms with Crippen molar-refractivity contribution in [3.8, 4) is 0 Å². The van der Waals surface area contributed by atoms with Gasteiger partial charge in [-0.2, -0.15) is 0 Å². The molecule has 0 aromatic heterocycles. The monoisotopic (exact) mass is 459 g/mol. The van der Waals surface area contributed by atoms with Crippen molar-refractivity contribution in [3.63, 3.8) is 0 Å². The maximum absolute atomic E-state index is 13.5. The topological polar surface area (TPSA) is 86.8 Å². The average Bonchev–Trinajstić information content (AvgIpc) is 2.75. The minimum Gasteiger partial charge on any atom is -0.355 e. The number of benzene rings is 2. The maximum atomic E-state index is 13.5. The molecule has 1 atom stereocenters. The van der Waals surface area contributed by atoms with E-state index in [9.17, 15) is 18.0 Å². The fourth-order valence-electron chi connectivity index (χ4n) is 3.63. The molecule has 0 aliphatic heterocycles. The number of para-hydroxylation sites is 1. The zero-order chi connectivity index (χ0) is 23.7.